The SMILES string of the molecule is O=C1O[C@@H](Cn2ccnn2)CN1c1ccc(-c2ccc(CO)nc2)c(F)c1. The lowest BCUT2D eigenvalue weighted by molar-refractivity contribution is 0.129. The summed E-state index contributed by atoms with van der Waals surface area (Å²) in [6.45, 7) is 0.504. The van der Waals surface area contributed by atoms with Crippen LogP contribution in [0.15, 0.2) is 48.9 Å². The van der Waals surface area contributed by atoms with E-state index in [4.69, 9.17) is 9.84 Å². The van der Waals surface area contributed by atoms with Gasteiger partial charge in [-0.15, -0.1) is 5.10 Å². The number of amides is 1. The summed E-state index contributed by atoms with van der Waals surface area (Å²) < 4.78 is 21.5. The maximum atomic E-state index is 14.6. The Bertz CT molecular complexity index is 946. The van der Waals surface area contributed by atoms with Crippen LogP contribution in [0.2, 0.25) is 0 Å². The van der Waals surface area contributed by atoms with Gasteiger partial charge in [0, 0.05) is 23.5 Å². The van der Waals surface area contributed by atoms with Crippen molar-refractivity contribution in [2.75, 3.05) is 11.4 Å². The van der Waals surface area contributed by atoms with Crippen LogP contribution in [0.1, 0.15) is 5.69 Å². The first-order valence-corrected chi connectivity index (χ1v) is 8.32. The van der Waals surface area contributed by atoms with Gasteiger partial charge in [0.2, 0.25) is 0 Å². The Morgan fingerprint density at radius 1 is 1.30 bits per heavy atom. The summed E-state index contributed by atoms with van der Waals surface area (Å²) in [7, 11) is 0. The first-order valence-electron chi connectivity index (χ1n) is 8.32. The highest BCUT2D eigenvalue weighted by atomic mass is 19.1. The van der Waals surface area contributed by atoms with Gasteiger partial charge in [-0.1, -0.05) is 11.3 Å². The molecule has 2 aromatic heterocycles. The van der Waals surface area contributed by atoms with Crippen molar-refractivity contribution in [3.05, 3.63) is 60.4 Å². The summed E-state index contributed by atoms with van der Waals surface area (Å²) in [4.78, 5) is 17.6. The maximum absolute atomic E-state index is 14.6. The fraction of sp³-hybridized carbons (Fsp3) is 0.222. The topological polar surface area (TPSA) is 93.4 Å². The van der Waals surface area contributed by atoms with Crippen LogP contribution in [-0.4, -0.2) is 43.8 Å². The second-order valence-corrected chi connectivity index (χ2v) is 6.10. The molecule has 1 saturated heterocycles. The average molecular weight is 369 g/mol. The largest absolute Gasteiger partial charge is 0.442 e. The number of aliphatic hydroxyl groups excluding tert-OH is 1. The number of hydrogen-bond acceptors (Lipinski definition) is 6. The normalized spacial score (nSPS) is 16.6. The molecule has 27 heavy (non-hydrogen) atoms. The quantitative estimate of drug-likeness (QED) is 0.739. The van der Waals surface area contributed by atoms with Crippen molar-refractivity contribution in [1.29, 1.82) is 0 Å². The minimum atomic E-state index is -0.527. The fourth-order valence-corrected chi connectivity index (χ4v) is 2.95. The predicted molar refractivity (Wildman–Crippen MR) is 93.2 cm³/mol. The van der Waals surface area contributed by atoms with Gasteiger partial charge in [-0.25, -0.2) is 13.9 Å². The molecular weight excluding hydrogens is 353 g/mol. The minimum Gasteiger partial charge on any atom is -0.442 e. The molecule has 3 heterocycles. The van der Waals surface area contributed by atoms with Crippen molar-refractivity contribution in [2.24, 2.45) is 0 Å². The number of carbonyl (C=O) groups is 1. The van der Waals surface area contributed by atoms with Gasteiger partial charge in [0.05, 0.1) is 37.3 Å². The number of nitrogens with zero attached hydrogens (tertiary/aromatic N) is 5. The number of hydrogen-bond donors (Lipinski definition) is 1. The van der Waals surface area contributed by atoms with E-state index in [1.165, 1.54) is 17.2 Å². The summed E-state index contributed by atoms with van der Waals surface area (Å²) >= 11 is 0. The molecule has 0 radical (unpaired) electrons. The molecule has 1 amide bonds. The molecule has 0 unspecified atom stereocenters. The third-order valence-electron chi connectivity index (χ3n) is 4.30. The Morgan fingerprint density at radius 3 is 2.85 bits per heavy atom. The summed E-state index contributed by atoms with van der Waals surface area (Å²) in [6.07, 6.45) is 3.81. The minimum absolute atomic E-state index is 0.172. The van der Waals surface area contributed by atoms with Gasteiger partial charge < -0.3 is 9.84 Å². The van der Waals surface area contributed by atoms with Crippen LogP contribution in [0.25, 0.3) is 11.1 Å². The number of anilines is 1. The first-order chi connectivity index (χ1) is 13.1. The highest BCUT2D eigenvalue weighted by Gasteiger charge is 2.33. The molecule has 8 nitrogen and oxygen atoms in total. The number of aromatic nitrogens is 4. The van der Waals surface area contributed by atoms with Crippen LogP contribution in [-0.2, 0) is 17.9 Å². The molecule has 1 atom stereocenters. The lowest BCUT2D eigenvalue weighted by atomic mass is 10.1. The van der Waals surface area contributed by atoms with Crippen molar-refractivity contribution in [3.8, 4) is 11.1 Å². The van der Waals surface area contributed by atoms with Crippen LogP contribution in [0, 0.1) is 5.82 Å². The van der Waals surface area contributed by atoms with Gasteiger partial charge in [-0.2, -0.15) is 0 Å². The number of carbonyl (C=O) groups excluding carboxylic acids is 1. The number of ether oxygens (including phenoxy) is 1. The van der Waals surface area contributed by atoms with E-state index in [9.17, 15) is 9.18 Å². The maximum Gasteiger partial charge on any atom is 0.414 e. The van der Waals surface area contributed by atoms with Crippen molar-refractivity contribution in [3.63, 3.8) is 0 Å². The van der Waals surface area contributed by atoms with E-state index in [0.717, 1.165) is 0 Å². The molecule has 3 aromatic rings. The molecule has 138 valence electrons. The number of cyclic esters (lactones) is 1. The predicted octanol–water partition coefficient (Wildman–Crippen LogP) is 2.00. The fourth-order valence-electron chi connectivity index (χ4n) is 2.95. The number of halogens is 1. The lowest BCUT2D eigenvalue weighted by Crippen LogP contribution is -2.26. The second kappa shape index (κ2) is 7.12. The molecule has 0 aliphatic carbocycles. The molecule has 1 aliphatic rings. The standard InChI is InChI=1S/C18H16FN5O3/c19-17-7-14(3-4-16(17)12-1-2-13(11-25)20-8-12)24-10-15(27-18(24)26)9-23-6-5-21-22-23/h1-8,15,25H,9-11H2/t15-/m0/s1. The molecule has 1 aliphatic heterocycles. The number of rotatable bonds is 5. The number of benzene rings is 1. The Kier molecular flexibility index (Phi) is 4.51. The molecule has 0 bridgehead atoms. The molecule has 1 aromatic carbocycles. The third-order valence-corrected chi connectivity index (χ3v) is 4.30. The van der Waals surface area contributed by atoms with E-state index >= 15 is 0 Å². The van der Waals surface area contributed by atoms with Crippen LogP contribution in [0.3, 0.4) is 0 Å². The smallest absolute Gasteiger partial charge is 0.414 e. The van der Waals surface area contributed by atoms with Gasteiger partial charge >= 0.3 is 6.09 Å². The first kappa shape index (κ1) is 17.1. The summed E-state index contributed by atoms with van der Waals surface area (Å²) in [5.74, 6) is -0.474. The molecule has 1 N–H and O–H groups in total. The van der Waals surface area contributed by atoms with Gasteiger partial charge in [-0.3, -0.25) is 9.88 Å². The second-order valence-electron chi connectivity index (χ2n) is 6.10. The zero-order valence-electron chi connectivity index (χ0n) is 14.2. The van der Waals surface area contributed by atoms with E-state index in [-0.39, 0.29) is 6.61 Å². The Balaban J connectivity index is 1.52. The molecule has 0 spiro atoms. The molecule has 1 fully saturated rings. The zero-order chi connectivity index (χ0) is 18.8. The molecular formula is C18H16FN5O3. The van der Waals surface area contributed by atoms with Crippen LogP contribution < -0.4 is 4.90 Å². The van der Waals surface area contributed by atoms with Gasteiger partial charge in [0.25, 0.3) is 0 Å². The van der Waals surface area contributed by atoms with Gasteiger partial charge in [-0.05, 0) is 24.3 Å². The third kappa shape index (κ3) is 3.49. The van der Waals surface area contributed by atoms with Crippen molar-refractivity contribution in [2.45, 2.75) is 19.3 Å². The zero-order valence-corrected chi connectivity index (χ0v) is 14.2. The van der Waals surface area contributed by atoms with Crippen LogP contribution in [0.4, 0.5) is 14.9 Å². The number of aliphatic hydroxyl groups is 1. The highest BCUT2D eigenvalue weighted by molar-refractivity contribution is 5.90. The molecule has 9 heteroatoms. The Morgan fingerprint density at radius 2 is 2.19 bits per heavy atom. The van der Waals surface area contributed by atoms with E-state index in [2.05, 4.69) is 15.3 Å². The van der Waals surface area contributed by atoms with E-state index in [1.807, 2.05) is 0 Å². The van der Waals surface area contributed by atoms with Crippen molar-refractivity contribution < 1.29 is 19.0 Å². The summed E-state index contributed by atoms with van der Waals surface area (Å²) in [5.41, 5.74) is 1.88. The molecule has 0 saturated carbocycles. The highest BCUT2D eigenvalue weighted by Crippen LogP contribution is 2.29. The summed E-state index contributed by atoms with van der Waals surface area (Å²) in [6, 6.07) is 7.88. The van der Waals surface area contributed by atoms with Crippen molar-refractivity contribution >= 4 is 11.8 Å². The summed E-state index contributed by atoms with van der Waals surface area (Å²) in [5, 5.41) is 16.6. The monoisotopic (exact) mass is 369 g/mol. The average Bonchev–Trinajstić information content (AvgIpc) is 3.31. The number of pyridine rings is 1. The van der Waals surface area contributed by atoms with Gasteiger partial charge in [0.1, 0.15) is 11.9 Å². The Labute approximate surface area is 153 Å². The van der Waals surface area contributed by atoms with Crippen LogP contribution in [0.5, 0.6) is 0 Å². The lowest BCUT2D eigenvalue weighted by Gasteiger charge is -2.14. The van der Waals surface area contributed by atoms with E-state index in [0.29, 0.717) is 35.6 Å². The van der Waals surface area contributed by atoms with Gasteiger partial charge in [0.15, 0.2) is 0 Å². The van der Waals surface area contributed by atoms with Crippen molar-refractivity contribution in [1.82, 2.24) is 20.0 Å². The van der Waals surface area contributed by atoms with Crippen LogP contribution >= 0.6 is 0 Å². The molecule has 4 rings (SSSR count). The Hall–Kier alpha value is -3.33. The van der Waals surface area contributed by atoms with E-state index < -0.39 is 18.0 Å². The van der Waals surface area contributed by atoms with E-state index in [1.54, 1.807) is 41.3 Å².